The fourth-order valence-electron chi connectivity index (χ4n) is 3.55. The molecular formula is C18H16. The number of hydrogen-bond acceptors (Lipinski definition) is 0. The standard InChI is InChI=1S/C18H16/c1-2-6-13(7-3-1)17-12-18-15-9-5-4-8-14(15)10-11-16(17)18/h1-11,16-18H,12H2/t16-,17-,18-/m1/s1. The lowest BCUT2D eigenvalue weighted by Gasteiger charge is -2.46. The Balaban J connectivity index is 1.68. The average Bonchev–Trinajstić information content (AvgIpc) is 2.40. The Morgan fingerprint density at radius 3 is 2.44 bits per heavy atom. The Bertz CT molecular complexity index is 594. The van der Waals surface area contributed by atoms with Crippen molar-refractivity contribution in [3.05, 3.63) is 77.4 Å². The summed E-state index contributed by atoms with van der Waals surface area (Å²) in [6.45, 7) is 0. The number of fused-ring (bicyclic) bond motifs is 3. The summed E-state index contributed by atoms with van der Waals surface area (Å²) in [5.74, 6) is 2.18. The summed E-state index contributed by atoms with van der Waals surface area (Å²) in [7, 11) is 0. The van der Waals surface area contributed by atoms with E-state index in [9.17, 15) is 0 Å². The molecule has 0 spiro atoms. The molecule has 0 radical (unpaired) electrons. The summed E-state index contributed by atoms with van der Waals surface area (Å²) < 4.78 is 0. The first-order valence-corrected chi connectivity index (χ1v) is 6.75. The Kier molecular flexibility index (Phi) is 2.16. The van der Waals surface area contributed by atoms with Gasteiger partial charge in [-0.2, -0.15) is 0 Å². The third-order valence-electron chi connectivity index (χ3n) is 4.56. The first-order valence-electron chi connectivity index (χ1n) is 6.75. The van der Waals surface area contributed by atoms with Gasteiger partial charge in [-0.15, -0.1) is 0 Å². The van der Waals surface area contributed by atoms with Crippen LogP contribution in [0.1, 0.15) is 34.9 Å². The molecule has 0 aliphatic heterocycles. The molecule has 1 fully saturated rings. The molecule has 0 N–H and O–H groups in total. The highest BCUT2D eigenvalue weighted by molar-refractivity contribution is 5.60. The molecule has 2 aromatic rings. The smallest absolute Gasteiger partial charge is 0.00811 e. The van der Waals surface area contributed by atoms with E-state index in [1.165, 1.54) is 17.5 Å². The predicted molar refractivity (Wildman–Crippen MR) is 75.5 cm³/mol. The minimum atomic E-state index is 0.710. The maximum absolute atomic E-state index is 2.42. The maximum Gasteiger partial charge on any atom is -0.00811 e. The van der Waals surface area contributed by atoms with E-state index in [1.807, 2.05) is 0 Å². The lowest BCUT2D eigenvalue weighted by molar-refractivity contribution is 0.254. The summed E-state index contributed by atoms with van der Waals surface area (Å²) in [6, 6.07) is 19.8. The molecular weight excluding hydrogens is 216 g/mol. The zero-order valence-corrected chi connectivity index (χ0v) is 10.3. The van der Waals surface area contributed by atoms with Crippen molar-refractivity contribution in [1.29, 1.82) is 0 Å². The summed E-state index contributed by atoms with van der Waals surface area (Å²) in [5, 5.41) is 0. The molecule has 3 atom stereocenters. The van der Waals surface area contributed by atoms with Crippen molar-refractivity contribution in [3.63, 3.8) is 0 Å². The summed E-state index contributed by atoms with van der Waals surface area (Å²) in [6.07, 6.45) is 6.04. The Hall–Kier alpha value is -1.82. The van der Waals surface area contributed by atoms with E-state index in [1.54, 1.807) is 5.56 Å². The lowest BCUT2D eigenvalue weighted by Crippen LogP contribution is -2.33. The van der Waals surface area contributed by atoms with Gasteiger partial charge in [-0.05, 0) is 40.9 Å². The molecule has 2 aliphatic rings. The predicted octanol–water partition coefficient (Wildman–Crippen LogP) is 4.60. The van der Waals surface area contributed by atoms with Crippen LogP contribution in [0, 0.1) is 5.92 Å². The fourth-order valence-corrected chi connectivity index (χ4v) is 3.55. The molecule has 0 heteroatoms. The highest BCUT2D eigenvalue weighted by Crippen LogP contribution is 2.56. The topological polar surface area (TPSA) is 0 Å². The molecule has 88 valence electrons. The van der Waals surface area contributed by atoms with Gasteiger partial charge in [-0.1, -0.05) is 66.7 Å². The van der Waals surface area contributed by atoms with Crippen LogP contribution in [-0.2, 0) is 0 Å². The highest BCUT2D eigenvalue weighted by atomic mass is 14.5. The second-order valence-electron chi connectivity index (χ2n) is 5.42. The van der Waals surface area contributed by atoms with Gasteiger partial charge in [-0.25, -0.2) is 0 Å². The van der Waals surface area contributed by atoms with Crippen LogP contribution in [0.25, 0.3) is 6.08 Å². The van der Waals surface area contributed by atoms with Crippen molar-refractivity contribution in [2.45, 2.75) is 18.3 Å². The van der Waals surface area contributed by atoms with Gasteiger partial charge in [0.25, 0.3) is 0 Å². The van der Waals surface area contributed by atoms with E-state index in [0.717, 1.165) is 11.8 Å². The van der Waals surface area contributed by atoms with Crippen molar-refractivity contribution in [2.24, 2.45) is 5.92 Å². The van der Waals surface area contributed by atoms with Crippen LogP contribution < -0.4 is 0 Å². The van der Waals surface area contributed by atoms with E-state index in [0.29, 0.717) is 5.92 Å². The van der Waals surface area contributed by atoms with Crippen LogP contribution in [0.2, 0.25) is 0 Å². The van der Waals surface area contributed by atoms with Crippen molar-refractivity contribution in [2.75, 3.05) is 0 Å². The van der Waals surface area contributed by atoms with Crippen molar-refractivity contribution >= 4 is 6.08 Å². The van der Waals surface area contributed by atoms with Crippen LogP contribution in [-0.4, -0.2) is 0 Å². The number of hydrogen-bond donors (Lipinski definition) is 0. The normalized spacial score (nSPS) is 28.1. The van der Waals surface area contributed by atoms with E-state index in [-0.39, 0.29) is 0 Å². The molecule has 2 aromatic carbocycles. The molecule has 2 aliphatic carbocycles. The Morgan fingerprint density at radius 2 is 1.56 bits per heavy atom. The summed E-state index contributed by atoms with van der Waals surface area (Å²) >= 11 is 0. The van der Waals surface area contributed by atoms with Gasteiger partial charge in [0, 0.05) is 0 Å². The molecule has 0 saturated heterocycles. The molecule has 0 unspecified atom stereocenters. The zero-order valence-electron chi connectivity index (χ0n) is 10.3. The number of rotatable bonds is 1. The zero-order chi connectivity index (χ0) is 11.9. The lowest BCUT2D eigenvalue weighted by atomic mass is 9.57. The molecule has 1 saturated carbocycles. The minimum Gasteiger partial charge on any atom is -0.0796 e. The van der Waals surface area contributed by atoms with Crippen molar-refractivity contribution < 1.29 is 0 Å². The van der Waals surface area contributed by atoms with E-state index < -0.39 is 0 Å². The molecule has 0 bridgehead atoms. The third kappa shape index (κ3) is 1.38. The van der Waals surface area contributed by atoms with Gasteiger partial charge >= 0.3 is 0 Å². The summed E-state index contributed by atoms with van der Waals surface area (Å²) in [4.78, 5) is 0. The summed E-state index contributed by atoms with van der Waals surface area (Å²) in [5.41, 5.74) is 4.48. The van der Waals surface area contributed by atoms with Gasteiger partial charge < -0.3 is 0 Å². The van der Waals surface area contributed by atoms with Gasteiger partial charge in [-0.3, -0.25) is 0 Å². The molecule has 0 heterocycles. The first-order chi connectivity index (χ1) is 8.93. The quantitative estimate of drug-likeness (QED) is 0.674. The van der Waals surface area contributed by atoms with Gasteiger partial charge in [0.2, 0.25) is 0 Å². The minimum absolute atomic E-state index is 0.710. The number of allylic oxidation sites excluding steroid dienone is 1. The van der Waals surface area contributed by atoms with Crippen molar-refractivity contribution in [3.8, 4) is 0 Å². The van der Waals surface area contributed by atoms with Gasteiger partial charge in [0.1, 0.15) is 0 Å². The second-order valence-corrected chi connectivity index (χ2v) is 5.42. The van der Waals surface area contributed by atoms with Crippen LogP contribution in [0.4, 0.5) is 0 Å². The maximum atomic E-state index is 2.42. The third-order valence-corrected chi connectivity index (χ3v) is 4.56. The monoisotopic (exact) mass is 232 g/mol. The highest BCUT2D eigenvalue weighted by Gasteiger charge is 2.42. The van der Waals surface area contributed by atoms with Crippen LogP contribution in [0.5, 0.6) is 0 Å². The second kappa shape index (κ2) is 3.84. The molecule has 0 nitrogen and oxygen atoms in total. The van der Waals surface area contributed by atoms with Crippen LogP contribution >= 0.6 is 0 Å². The van der Waals surface area contributed by atoms with Gasteiger partial charge in [0.05, 0.1) is 0 Å². The Morgan fingerprint density at radius 1 is 0.778 bits per heavy atom. The van der Waals surface area contributed by atoms with E-state index >= 15 is 0 Å². The molecule has 0 aromatic heterocycles. The van der Waals surface area contributed by atoms with Crippen LogP contribution in [0.15, 0.2) is 60.7 Å². The first kappa shape index (κ1) is 10.1. The van der Waals surface area contributed by atoms with E-state index in [2.05, 4.69) is 66.7 Å². The molecule has 0 amide bonds. The molecule has 18 heavy (non-hydrogen) atoms. The largest absolute Gasteiger partial charge is 0.0796 e. The van der Waals surface area contributed by atoms with Crippen molar-refractivity contribution in [1.82, 2.24) is 0 Å². The van der Waals surface area contributed by atoms with E-state index in [4.69, 9.17) is 0 Å². The molecule has 4 rings (SSSR count). The Labute approximate surface area is 108 Å². The number of benzene rings is 2. The fraction of sp³-hybridized carbons (Fsp3) is 0.222. The van der Waals surface area contributed by atoms with Gasteiger partial charge in [0.15, 0.2) is 0 Å². The average molecular weight is 232 g/mol. The van der Waals surface area contributed by atoms with Crippen LogP contribution in [0.3, 0.4) is 0 Å². The SMILES string of the molecule is C1=C[C@@H]2[C@@H](c3ccccc3)C[C@@H]2c2ccccc21.